The van der Waals surface area contributed by atoms with Gasteiger partial charge >= 0.3 is 0 Å². The Bertz CT molecular complexity index is 667. The molecule has 0 aliphatic carbocycles. The van der Waals surface area contributed by atoms with E-state index in [1.165, 1.54) is 19.2 Å². The normalized spacial score (nSPS) is 22.1. The maximum atomic E-state index is 14.4. The van der Waals surface area contributed by atoms with Crippen molar-refractivity contribution in [1.29, 1.82) is 0 Å². The summed E-state index contributed by atoms with van der Waals surface area (Å²) in [6, 6.07) is 3.02. The van der Waals surface area contributed by atoms with Crippen LogP contribution < -0.4 is 10.5 Å². The lowest BCUT2D eigenvalue weighted by atomic mass is 9.78. The van der Waals surface area contributed by atoms with Crippen LogP contribution in [0.5, 0.6) is 5.75 Å². The van der Waals surface area contributed by atoms with Gasteiger partial charge in [0.1, 0.15) is 10.7 Å². The summed E-state index contributed by atoms with van der Waals surface area (Å²) in [4.78, 5) is 7.63. The third-order valence-corrected chi connectivity index (χ3v) is 4.94. The van der Waals surface area contributed by atoms with Crippen LogP contribution in [-0.2, 0) is 0 Å². The van der Waals surface area contributed by atoms with Crippen LogP contribution in [0.4, 0.5) is 4.39 Å². The van der Waals surface area contributed by atoms with E-state index in [-0.39, 0.29) is 40.0 Å². The van der Waals surface area contributed by atoms with Crippen LogP contribution in [0.15, 0.2) is 22.1 Å². The standard InChI is InChI=1S/C15H18Cl2FN3O/c1-14(2,3)15(17)7-20-12(21-13(15)19)8-5-6-9(16)11(22-4)10(8)18/h5-6H,7H2,1-4H3,(H2,19,20,21). The Morgan fingerprint density at radius 1 is 1.36 bits per heavy atom. The number of halogens is 3. The molecule has 1 unspecified atom stereocenters. The van der Waals surface area contributed by atoms with Crippen molar-refractivity contribution in [3.63, 3.8) is 0 Å². The molecule has 0 radical (unpaired) electrons. The van der Waals surface area contributed by atoms with E-state index < -0.39 is 10.7 Å². The van der Waals surface area contributed by atoms with E-state index in [0.29, 0.717) is 0 Å². The maximum Gasteiger partial charge on any atom is 0.177 e. The summed E-state index contributed by atoms with van der Waals surface area (Å²) < 4.78 is 19.4. The fourth-order valence-corrected chi connectivity index (χ4v) is 2.49. The average molecular weight is 346 g/mol. The molecule has 1 aliphatic heterocycles. The Morgan fingerprint density at radius 3 is 2.50 bits per heavy atom. The van der Waals surface area contributed by atoms with Gasteiger partial charge in [-0.05, 0) is 17.5 Å². The van der Waals surface area contributed by atoms with Gasteiger partial charge in [0, 0.05) is 0 Å². The van der Waals surface area contributed by atoms with E-state index in [2.05, 4.69) is 9.98 Å². The molecule has 7 heteroatoms. The number of benzene rings is 1. The predicted octanol–water partition coefficient (Wildman–Crippen LogP) is 3.63. The second-order valence-corrected chi connectivity index (χ2v) is 7.18. The molecule has 0 amide bonds. The smallest absolute Gasteiger partial charge is 0.177 e. The number of rotatable bonds is 2. The second-order valence-electron chi connectivity index (χ2n) is 6.13. The minimum atomic E-state index is -0.899. The molecule has 0 saturated carbocycles. The van der Waals surface area contributed by atoms with E-state index >= 15 is 0 Å². The van der Waals surface area contributed by atoms with Crippen LogP contribution in [0.25, 0.3) is 0 Å². The molecule has 120 valence electrons. The van der Waals surface area contributed by atoms with Crippen molar-refractivity contribution in [2.24, 2.45) is 21.1 Å². The molecule has 2 N–H and O–H groups in total. The van der Waals surface area contributed by atoms with Crippen LogP contribution >= 0.6 is 23.2 Å². The SMILES string of the molecule is COc1c(Cl)ccc(C2=NCC(Cl)(C(C)(C)C)C(N)=N2)c1F. The molecule has 1 aromatic rings. The van der Waals surface area contributed by atoms with E-state index in [1.54, 1.807) is 0 Å². The molecule has 0 saturated heterocycles. The van der Waals surface area contributed by atoms with Crippen molar-refractivity contribution < 1.29 is 9.13 Å². The molecule has 1 aromatic carbocycles. The number of ether oxygens (including phenoxy) is 1. The lowest BCUT2D eigenvalue weighted by Gasteiger charge is -2.39. The first-order chi connectivity index (χ1) is 10.1. The Hall–Kier alpha value is -1.33. The van der Waals surface area contributed by atoms with Crippen molar-refractivity contribution in [3.8, 4) is 5.75 Å². The number of nitrogens with two attached hydrogens (primary N) is 1. The summed E-state index contributed by atoms with van der Waals surface area (Å²) in [6.45, 7) is 6.07. The minimum Gasteiger partial charge on any atom is -0.492 e. The van der Waals surface area contributed by atoms with Gasteiger partial charge in [-0.1, -0.05) is 32.4 Å². The quantitative estimate of drug-likeness (QED) is 0.832. The minimum absolute atomic E-state index is 0.0471. The molecule has 0 spiro atoms. The Morgan fingerprint density at radius 2 is 2.00 bits per heavy atom. The Balaban J connectivity index is 2.47. The monoisotopic (exact) mass is 345 g/mol. The van der Waals surface area contributed by atoms with Crippen molar-refractivity contribution in [2.75, 3.05) is 13.7 Å². The van der Waals surface area contributed by atoms with E-state index in [9.17, 15) is 4.39 Å². The summed E-state index contributed by atoms with van der Waals surface area (Å²) in [6.07, 6.45) is 0. The van der Waals surface area contributed by atoms with Crippen molar-refractivity contribution in [1.82, 2.24) is 0 Å². The summed E-state index contributed by atoms with van der Waals surface area (Å²) in [5.41, 5.74) is 5.87. The van der Waals surface area contributed by atoms with Crippen molar-refractivity contribution in [2.45, 2.75) is 25.6 Å². The number of methoxy groups -OCH3 is 1. The molecule has 22 heavy (non-hydrogen) atoms. The fraction of sp³-hybridized carbons (Fsp3) is 0.467. The average Bonchev–Trinajstić information content (AvgIpc) is 2.41. The predicted molar refractivity (Wildman–Crippen MR) is 89.0 cm³/mol. The molecular weight excluding hydrogens is 328 g/mol. The number of amidine groups is 2. The molecular formula is C15H18Cl2FN3O. The van der Waals surface area contributed by atoms with Gasteiger partial charge < -0.3 is 10.5 Å². The van der Waals surface area contributed by atoms with Crippen molar-refractivity contribution in [3.05, 3.63) is 28.5 Å². The first-order valence-corrected chi connectivity index (χ1v) is 7.48. The lowest BCUT2D eigenvalue weighted by Crippen LogP contribution is -2.53. The highest BCUT2D eigenvalue weighted by Gasteiger charge is 2.45. The van der Waals surface area contributed by atoms with Crippen LogP contribution in [0.3, 0.4) is 0 Å². The van der Waals surface area contributed by atoms with Crippen LogP contribution in [0, 0.1) is 11.2 Å². The summed E-state index contributed by atoms with van der Waals surface area (Å²) in [5, 5.41) is 0.179. The van der Waals surface area contributed by atoms with Crippen LogP contribution in [0.2, 0.25) is 5.02 Å². The van der Waals surface area contributed by atoms with Crippen LogP contribution in [-0.4, -0.2) is 30.2 Å². The zero-order valence-electron chi connectivity index (χ0n) is 12.9. The fourth-order valence-electron chi connectivity index (χ4n) is 2.16. The van der Waals surface area contributed by atoms with Crippen LogP contribution in [0.1, 0.15) is 26.3 Å². The molecule has 0 fully saturated rings. The van der Waals surface area contributed by atoms with Gasteiger partial charge in [0.25, 0.3) is 0 Å². The first kappa shape index (κ1) is 17.0. The van der Waals surface area contributed by atoms with Gasteiger partial charge in [0.15, 0.2) is 17.4 Å². The molecule has 1 aliphatic rings. The third-order valence-electron chi connectivity index (χ3n) is 3.76. The van der Waals surface area contributed by atoms with Gasteiger partial charge in [0.05, 0.1) is 24.2 Å². The highest BCUT2D eigenvalue weighted by atomic mass is 35.5. The lowest BCUT2D eigenvalue weighted by molar-refractivity contribution is 0.342. The number of aliphatic imine (C=N–C) groups is 2. The topological polar surface area (TPSA) is 60.0 Å². The molecule has 0 bridgehead atoms. The van der Waals surface area contributed by atoms with Gasteiger partial charge in [-0.15, -0.1) is 11.6 Å². The largest absolute Gasteiger partial charge is 0.492 e. The summed E-state index contributed by atoms with van der Waals surface area (Å²) in [5.74, 6) is -0.261. The Kier molecular flexibility index (Phi) is 4.42. The van der Waals surface area contributed by atoms with E-state index in [0.717, 1.165) is 0 Å². The molecule has 2 rings (SSSR count). The zero-order chi connectivity index (χ0) is 16.7. The van der Waals surface area contributed by atoms with Crippen molar-refractivity contribution >= 4 is 34.9 Å². The number of hydrogen-bond donors (Lipinski definition) is 1. The molecule has 4 nitrogen and oxygen atoms in total. The third kappa shape index (κ3) is 2.68. The highest BCUT2D eigenvalue weighted by Crippen LogP contribution is 2.39. The maximum absolute atomic E-state index is 14.4. The zero-order valence-corrected chi connectivity index (χ0v) is 14.4. The highest BCUT2D eigenvalue weighted by molar-refractivity contribution is 6.38. The Labute approximate surface area is 139 Å². The van der Waals surface area contributed by atoms with Gasteiger partial charge in [-0.2, -0.15) is 0 Å². The van der Waals surface area contributed by atoms with Gasteiger partial charge in [-0.25, -0.2) is 9.38 Å². The molecule has 1 heterocycles. The van der Waals surface area contributed by atoms with E-state index in [1.807, 2.05) is 20.8 Å². The van der Waals surface area contributed by atoms with E-state index in [4.69, 9.17) is 33.7 Å². The van der Waals surface area contributed by atoms with Gasteiger partial charge in [-0.3, -0.25) is 4.99 Å². The summed E-state index contributed by atoms with van der Waals surface area (Å²) in [7, 11) is 1.35. The number of alkyl halides is 1. The number of nitrogens with zero attached hydrogens (tertiary/aromatic N) is 2. The van der Waals surface area contributed by atoms with Gasteiger partial charge in [0.2, 0.25) is 0 Å². The molecule has 0 aromatic heterocycles. The number of hydrogen-bond acceptors (Lipinski definition) is 4. The molecule has 1 atom stereocenters. The second kappa shape index (κ2) is 5.70. The first-order valence-electron chi connectivity index (χ1n) is 6.72. The summed E-state index contributed by atoms with van der Waals surface area (Å²) >= 11 is 12.5.